The molecule has 56 valence electrons. The summed E-state index contributed by atoms with van der Waals surface area (Å²) in [4.78, 5) is 13.7. The first-order valence-corrected chi connectivity index (χ1v) is 2.66. The molecule has 0 aliphatic carbocycles. The van der Waals surface area contributed by atoms with Crippen molar-refractivity contribution in [1.82, 2.24) is 15.4 Å². The van der Waals surface area contributed by atoms with Crippen LogP contribution in [0.25, 0.3) is 4.85 Å². The number of hydrogen-bond acceptors (Lipinski definition) is 4. The van der Waals surface area contributed by atoms with Gasteiger partial charge in [0.2, 0.25) is 5.69 Å². The van der Waals surface area contributed by atoms with E-state index < -0.39 is 5.97 Å². The molecule has 0 aliphatic heterocycles. The Morgan fingerprint density at radius 2 is 2.45 bits per heavy atom. The molecule has 11 heavy (non-hydrogen) atoms. The number of nitrogens with one attached hydrogen (secondary N) is 1. The van der Waals surface area contributed by atoms with Gasteiger partial charge in [-0.15, -0.1) is 10.3 Å². The van der Waals surface area contributed by atoms with Crippen molar-refractivity contribution in [3.05, 3.63) is 17.1 Å². The molecule has 1 heterocycles. The van der Waals surface area contributed by atoms with Gasteiger partial charge in [-0.1, -0.05) is 6.57 Å². The van der Waals surface area contributed by atoms with Crippen molar-refractivity contribution in [2.45, 2.75) is 0 Å². The second kappa shape index (κ2) is 2.79. The van der Waals surface area contributed by atoms with Crippen LogP contribution < -0.4 is 0 Å². The molecule has 0 bridgehead atoms. The quantitative estimate of drug-likeness (QED) is 0.459. The zero-order valence-corrected chi connectivity index (χ0v) is 5.66. The Bertz CT molecular complexity index is 311. The van der Waals surface area contributed by atoms with E-state index in [-0.39, 0.29) is 11.5 Å². The highest BCUT2D eigenvalue weighted by Crippen LogP contribution is 2.11. The minimum atomic E-state index is -0.662. The normalized spacial score (nSPS) is 8.73. The number of H-pyrrole nitrogens is 1. The van der Waals surface area contributed by atoms with Crippen LogP contribution in [0, 0.1) is 6.57 Å². The van der Waals surface area contributed by atoms with Gasteiger partial charge in [0.05, 0.1) is 7.11 Å². The van der Waals surface area contributed by atoms with Gasteiger partial charge in [-0.3, -0.25) is 0 Å². The van der Waals surface area contributed by atoms with Gasteiger partial charge >= 0.3 is 11.8 Å². The SMILES string of the molecule is [C-]#[N+]c1n[nH]nc1C(=O)OC. The molecule has 1 aromatic rings. The van der Waals surface area contributed by atoms with Crippen LogP contribution in [-0.2, 0) is 4.74 Å². The van der Waals surface area contributed by atoms with E-state index in [4.69, 9.17) is 6.57 Å². The van der Waals surface area contributed by atoms with Crippen molar-refractivity contribution < 1.29 is 9.53 Å². The minimum absolute atomic E-state index is 0.0724. The first-order valence-electron chi connectivity index (χ1n) is 2.66. The number of hydrogen-bond donors (Lipinski definition) is 1. The van der Waals surface area contributed by atoms with Crippen molar-refractivity contribution in [2.24, 2.45) is 0 Å². The molecule has 0 spiro atoms. The number of aromatic amines is 1. The Morgan fingerprint density at radius 3 is 3.00 bits per heavy atom. The van der Waals surface area contributed by atoms with Crippen LogP contribution in [0.5, 0.6) is 0 Å². The summed E-state index contributed by atoms with van der Waals surface area (Å²) >= 11 is 0. The zero-order valence-electron chi connectivity index (χ0n) is 5.66. The number of rotatable bonds is 1. The molecule has 1 rings (SSSR count). The predicted molar refractivity (Wildman–Crippen MR) is 34.0 cm³/mol. The molecule has 1 N–H and O–H groups in total. The number of aromatic nitrogens is 3. The highest BCUT2D eigenvalue weighted by molar-refractivity contribution is 5.92. The second-order valence-electron chi connectivity index (χ2n) is 1.60. The van der Waals surface area contributed by atoms with Crippen molar-refractivity contribution in [3.8, 4) is 0 Å². The monoisotopic (exact) mass is 152 g/mol. The first-order chi connectivity index (χ1) is 5.29. The van der Waals surface area contributed by atoms with Gasteiger partial charge < -0.3 is 9.58 Å². The van der Waals surface area contributed by atoms with Crippen molar-refractivity contribution in [2.75, 3.05) is 7.11 Å². The van der Waals surface area contributed by atoms with Gasteiger partial charge in [-0.2, -0.15) is 0 Å². The van der Waals surface area contributed by atoms with Gasteiger partial charge in [0.1, 0.15) is 0 Å². The topological polar surface area (TPSA) is 72.2 Å². The average molecular weight is 152 g/mol. The van der Waals surface area contributed by atoms with Gasteiger partial charge in [0.15, 0.2) is 0 Å². The Labute approximate surface area is 62.0 Å². The van der Waals surface area contributed by atoms with E-state index in [1.54, 1.807) is 0 Å². The minimum Gasteiger partial charge on any atom is -0.465 e. The number of carbonyl (C=O) groups is 1. The maximum Gasteiger partial charge on any atom is 0.349 e. The average Bonchev–Trinajstić information content (AvgIpc) is 2.50. The summed E-state index contributed by atoms with van der Waals surface area (Å²) in [5.74, 6) is -0.735. The van der Waals surface area contributed by atoms with E-state index in [2.05, 4.69) is 25.0 Å². The summed E-state index contributed by atoms with van der Waals surface area (Å²) in [6, 6.07) is 0. The van der Waals surface area contributed by atoms with Crippen LogP contribution in [0.2, 0.25) is 0 Å². The van der Waals surface area contributed by atoms with Crippen LogP contribution in [0.3, 0.4) is 0 Å². The lowest BCUT2D eigenvalue weighted by Gasteiger charge is -1.90. The molecule has 0 amide bonds. The van der Waals surface area contributed by atoms with E-state index in [1.165, 1.54) is 7.11 Å². The summed E-state index contributed by atoms with van der Waals surface area (Å²) < 4.78 is 4.33. The maximum atomic E-state index is 10.8. The summed E-state index contributed by atoms with van der Waals surface area (Å²) in [6.45, 7) is 6.56. The standard InChI is InChI=1S/C5H4N4O2/c1-6-4-3(5(10)11-2)7-9-8-4/h2H3,(H,7,8,9). The summed E-state index contributed by atoms with van der Waals surface area (Å²) in [6.07, 6.45) is 0. The Balaban J connectivity index is 3.05. The van der Waals surface area contributed by atoms with Crippen LogP contribution in [0.1, 0.15) is 10.5 Å². The lowest BCUT2D eigenvalue weighted by atomic mass is 10.4. The fourth-order valence-corrected chi connectivity index (χ4v) is 0.537. The van der Waals surface area contributed by atoms with Gasteiger partial charge in [-0.05, 0) is 5.10 Å². The third-order valence-corrected chi connectivity index (χ3v) is 1.01. The van der Waals surface area contributed by atoms with Crippen molar-refractivity contribution >= 4 is 11.8 Å². The molecular weight excluding hydrogens is 148 g/mol. The van der Waals surface area contributed by atoms with E-state index in [0.717, 1.165) is 0 Å². The zero-order chi connectivity index (χ0) is 8.27. The number of esters is 1. The molecule has 6 heteroatoms. The summed E-state index contributed by atoms with van der Waals surface area (Å²) in [7, 11) is 1.21. The van der Waals surface area contributed by atoms with Gasteiger partial charge in [-0.25, -0.2) is 4.79 Å². The van der Waals surface area contributed by atoms with Crippen LogP contribution in [-0.4, -0.2) is 28.5 Å². The summed E-state index contributed by atoms with van der Waals surface area (Å²) in [5.41, 5.74) is -0.0810. The second-order valence-corrected chi connectivity index (χ2v) is 1.60. The molecule has 0 radical (unpaired) electrons. The third-order valence-electron chi connectivity index (χ3n) is 1.01. The molecule has 0 aliphatic rings. The summed E-state index contributed by atoms with van der Waals surface area (Å²) in [5, 5.41) is 9.00. The van der Waals surface area contributed by atoms with Crippen molar-refractivity contribution in [3.63, 3.8) is 0 Å². The molecule has 0 aromatic carbocycles. The van der Waals surface area contributed by atoms with E-state index in [0.29, 0.717) is 0 Å². The maximum absolute atomic E-state index is 10.8. The highest BCUT2D eigenvalue weighted by Gasteiger charge is 2.16. The van der Waals surface area contributed by atoms with E-state index in [1.807, 2.05) is 0 Å². The fourth-order valence-electron chi connectivity index (χ4n) is 0.537. The molecule has 1 aromatic heterocycles. The lowest BCUT2D eigenvalue weighted by Crippen LogP contribution is -2.01. The van der Waals surface area contributed by atoms with Crippen LogP contribution in [0.15, 0.2) is 0 Å². The third kappa shape index (κ3) is 1.16. The largest absolute Gasteiger partial charge is 0.465 e. The van der Waals surface area contributed by atoms with Gasteiger partial charge in [0, 0.05) is 0 Å². The Hall–Kier alpha value is -1.90. The Morgan fingerprint density at radius 1 is 1.73 bits per heavy atom. The van der Waals surface area contributed by atoms with Crippen LogP contribution in [0.4, 0.5) is 5.82 Å². The molecule has 6 nitrogen and oxygen atoms in total. The highest BCUT2D eigenvalue weighted by atomic mass is 16.5. The first kappa shape index (κ1) is 7.21. The molecule has 0 atom stereocenters. The van der Waals surface area contributed by atoms with E-state index in [9.17, 15) is 4.79 Å². The lowest BCUT2D eigenvalue weighted by molar-refractivity contribution is 0.0595. The Kier molecular flexibility index (Phi) is 1.83. The smallest absolute Gasteiger partial charge is 0.349 e. The predicted octanol–water partition coefficient (Wildman–Crippen LogP) is 0.142. The molecular formula is C5H4N4O2. The number of ether oxygens (including phenoxy) is 1. The molecule has 0 fully saturated rings. The van der Waals surface area contributed by atoms with Gasteiger partial charge in [0.25, 0.3) is 0 Å². The number of nitrogens with zero attached hydrogens (tertiary/aromatic N) is 3. The molecule has 0 saturated carbocycles. The molecule has 0 saturated heterocycles. The number of methoxy groups -OCH3 is 1. The number of carbonyl (C=O) groups excluding carboxylic acids is 1. The fraction of sp³-hybridized carbons (Fsp3) is 0.200. The molecule has 0 unspecified atom stereocenters. The van der Waals surface area contributed by atoms with E-state index >= 15 is 0 Å². The van der Waals surface area contributed by atoms with Crippen LogP contribution >= 0.6 is 0 Å². The van der Waals surface area contributed by atoms with Crippen molar-refractivity contribution in [1.29, 1.82) is 0 Å².